The molecular formula is C8H8FNS. The van der Waals surface area contributed by atoms with E-state index in [2.05, 4.69) is 0 Å². The molecule has 0 bridgehead atoms. The van der Waals surface area contributed by atoms with E-state index in [-0.39, 0.29) is 5.82 Å². The molecule has 0 fully saturated rings. The Bertz CT molecular complexity index is 298. The molecule has 0 saturated heterocycles. The Hall–Kier alpha value is -0.700. The minimum atomic E-state index is -0.286. The fourth-order valence-electron chi connectivity index (χ4n) is 1.27. The standard InChI is InChI=1S/C8H8FNS/c9-6-1-2-7-5(8(6)10)3-4-11-7/h1-2H,3-4,10H2. The number of rotatable bonds is 0. The number of nitrogen functional groups attached to an aromatic ring is 1. The van der Waals surface area contributed by atoms with Crippen LogP contribution in [0.3, 0.4) is 0 Å². The van der Waals surface area contributed by atoms with Gasteiger partial charge in [-0.3, -0.25) is 0 Å². The van der Waals surface area contributed by atoms with Crippen LogP contribution in [0.1, 0.15) is 5.56 Å². The summed E-state index contributed by atoms with van der Waals surface area (Å²) in [6.45, 7) is 0. The van der Waals surface area contributed by atoms with Crippen LogP contribution in [0.5, 0.6) is 0 Å². The fourth-order valence-corrected chi connectivity index (χ4v) is 2.35. The van der Waals surface area contributed by atoms with Gasteiger partial charge in [-0.2, -0.15) is 0 Å². The van der Waals surface area contributed by atoms with E-state index < -0.39 is 0 Å². The molecule has 2 rings (SSSR count). The van der Waals surface area contributed by atoms with Crippen LogP contribution in [0.2, 0.25) is 0 Å². The van der Waals surface area contributed by atoms with Crippen LogP contribution in [0.15, 0.2) is 17.0 Å². The number of benzene rings is 1. The smallest absolute Gasteiger partial charge is 0.146 e. The summed E-state index contributed by atoms with van der Waals surface area (Å²) in [6.07, 6.45) is 0.906. The van der Waals surface area contributed by atoms with Crippen LogP contribution in [-0.4, -0.2) is 5.75 Å². The van der Waals surface area contributed by atoms with E-state index in [0.717, 1.165) is 22.6 Å². The van der Waals surface area contributed by atoms with Gasteiger partial charge in [-0.1, -0.05) is 0 Å². The Morgan fingerprint density at radius 1 is 1.45 bits per heavy atom. The SMILES string of the molecule is Nc1c(F)ccc2c1CCS2. The Morgan fingerprint density at radius 3 is 3.09 bits per heavy atom. The van der Waals surface area contributed by atoms with Crippen LogP contribution >= 0.6 is 11.8 Å². The van der Waals surface area contributed by atoms with Gasteiger partial charge >= 0.3 is 0 Å². The molecular weight excluding hydrogens is 161 g/mol. The molecule has 11 heavy (non-hydrogen) atoms. The van der Waals surface area contributed by atoms with Gasteiger partial charge in [-0.15, -0.1) is 11.8 Å². The summed E-state index contributed by atoms with van der Waals surface area (Å²) in [6, 6.07) is 3.24. The Morgan fingerprint density at radius 2 is 2.27 bits per heavy atom. The highest BCUT2D eigenvalue weighted by Crippen LogP contribution is 2.35. The Balaban J connectivity index is 2.62. The topological polar surface area (TPSA) is 26.0 Å². The molecule has 1 aromatic carbocycles. The van der Waals surface area contributed by atoms with Gasteiger partial charge in [0.1, 0.15) is 5.82 Å². The Kier molecular flexibility index (Phi) is 1.53. The van der Waals surface area contributed by atoms with Crippen LogP contribution in [0, 0.1) is 5.82 Å². The molecule has 0 aromatic heterocycles. The molecule has 2 N–H and O–H groups in total. The quantitative estimate of drug-likeness (QED) is 0.601. The number of anilines is 1. The molecule has 1 aliphatic rings. The van der Waals surface area contributed by atoms with E-state index in [1.807, 2.05) is 0 Å². The first-order valence-electron chi connectivity index (χ1n) is 3.48. The maximum absolute atomic E-state index is 12.8. The summed E-state index contributed by atoms with van der Waals surface area (Å²) in [4.78, 5) is 1.14. The third-order valence-corrected chi connectivity index (χ3v) is 2.97. The van der Waals surface area contributed by atoms with Crippen molar-refractivity contribution in [3.8, 4) is 0 Å². The predicted molar refractivity (Wildman–Crippen MR) is 45.2 cm³/mol. The molecule has 1 aliphatic heterocycles. The van der Waals surface area contributed by atoms with Crippen molar-refractivity contribution in [1.29, 1.82) is 0 Å². The maximum Gasteiger partial charge on any atom is 0.146 e. The minimum absolute atomic E-state index is 0.286. The van der Waals surface area contributed by atoms with Crippen LogP contribution in [0.25, 0.3) is 0 Å². The number of hydrogen-bond donors (Lipinski definition) is 1. The number of nitrogens with two attached hydrogens (primary N) is 1. The molecule has 58 valence electrons. The number of hydrogen-bond acceptors (Lipinski definition) is 2. The van der Waals surface area contributed by atoms with Crippen LogP contribution in [-0.2, 0) is 6.42 Å². The molecule has 0 saturated carbocycles. The largest absolute Gasteiger partial charge is 0.396 e. The second-order valence-electron chi connectivity index (χ2n) is 2.54. The lowest BCUT2D eigenvalue weighted by Gasteiger charge is -2.02. The first kappa shape index (κ1) is 6.98. The van der Waals surface area contributed by atoms with Crippen LogP contribution in [0.4, 0.5) is 10.1 Å². The summed E-state index contributed by atoms with van der Waals surface area (Å²) in [5.74, 6) is 0.745. The second kappa shape index (κ2) is 2.41. The molecule has 3 heteroatoms. The zero-order valence-electron chi connectivity index (χ0n) is 5.93. The van der Waals surface area contributed by atoms with Crippen molar-refractivity contribution in [3.05, 3.63) is 23.5 Å². The number of halogens is 1. The van der Waals surface area contributed by atoms with Crippen molar-refractivity contribution >= 4 is 17.4 Å². The summed E-state index contributed by atoms with van der Waals surface area (Å²) >= 11 is 1.74. The highest BCUT2D eigenvalue weighted by molar-refractivity contribution is 7.99. The van der Waals surface area contributed by atoms with E-state index in [4.69, 9.17) is 5.73 Å². The first-order chi connectivity index (χ1) is 5.29. The average Bonchev–Trinajstić information content (AvgIpc) is 2.45. The van der Waals surface area contributed by atoms with Crippen molar-refractivity contribution in [2.45, 2.75) is 11.3 Å². The molecule has 1 aromatic rings. The van der Waals surface area contributed by atoms with Gasteiger partial charge in [0.25, 0.3) is 0 Å². The van der Waals surface area contributed by atoms with Crippen molar-refractivity contribution in [1.82, 2.24) is 0 Å². The lowest BCUT2D eigenvalue weighted by Crippen LogP contribution is -1.96. The maximum atomic E-state index is 12.8. The van der Waals surface area contributed by atoms with E-state index >= 15 is 0 Å². The average molecular weight is 169 g/mol. The lowest BCUT2D eigenvalue weighted by atomic mass is 10.1. The third-order valence-electron chi connectivity index (χ3n) is 1.87. The zero-order valence-corrected chi connectivity index (χ0v) is 6.75. The molecule has 1 heterocycles. The van der Waals surface area contributed by atoms with Crippen molar-refractivity contribution in [3.63, 3.8) is 0 Å². The van der Waals surface area contributed by atoms with Gasteiger partial charge in [0.2, 0.25) is 0 Å². The van der Waals surface area contributed by atoms with Gasteiger partial charge in [0, 0.05) is 10.6 Å². The predicted octanol–water partition coefficient (Wildman–Crippen LogP) is 2.06. The van der Waals surface area contributed by atoms with Crippen molar-refractivity contribution < 1.29 is 4.39 Å². The summed E-state index contributed by atoms with van der Waals surface area (Å²) < 4.78 is 12.8. The molecule has 0 amide bonds. The zero-order chi connectivity index (χ0) is 7.84. The van der Waals surface area contributed by atoms with E-state index in [0.29, 0.717) is 5.69 Å². The summed E-state index contributed by atoms with van der Waals surface area (Å²) in [5, 5.41) is 0. The highest BCUT2D eigenvalue weighted by Gasteiger charge is 2.15. The molecule has 0 aliphatic carbocycles. The Labute approximate surface area is 68.8 Å². The molecule has 0 atom stereocenters. The fraction of sp³-hybridized carbons (Fsp3) is 0.250. The third kappa shape index (κ3) is 0.997. The summed E-state index contributed by atoms with van der Waals surface area (Å²) in [5.41, 5.74) is 6.88. The normalized spacial score (nSPS) is 15.0. The first-order valence-corrected chi connectivity index (χ1v) is 4.47. The van der Waals surface area contributed by atoms with Gasteiger partial charge in [0.05, 0.1) is 5.69 Å². The molecule has 0 unspecified atom stereocenters. The summed E-state index contributed by atoms with van der Waals surface area (Å²) in [7, 11) is 0. The van der Waals surface area contributed by atoms with E-state index in [1.165, 1.54) is 6.07 Å². The van der Waals surface area contributed by atoms with E-state index in [1.54, 1.807) is 17.8 Å². The molecule has 1 nitrogen and oxygen atoms in total. The van der Waals surface area contributed by atoms with Gasteiger partial charge in [-0.25, -0.2) is 4.39 Å². The molecule has 0 spiro atoms. The second-order valence-corrected chi connectivity index (χ2v) is 3.67. The highest BCUT2D eigenvalue weighted by atomic mass is 32.2. The number of thioether (sulfide) groups is 1. The van der Waals surface area contributed by atoms with Gasteiger partial charge < -0.3 is 5.73 Å². The van der Waals surface area contributed by atoms with Crippen LogP contribution < -0.4 is 5.73 Å². The van der Waals surface area contributed by atoms with Gasteiger partial charge in [-0.05, 0) is 24.1 Å². The molecule has 0 radical (unpaired) electrons. The minimum Gasteiger partial charge on any atom is -0.396 e. The van der Waals surface area contributed by atoms with Crippen molar-refractivity contribution in [2.75, 3.05) is 11.5 Å². The van der Waals surface area contributed by atoms with Crippen molar-refractivity contribution in [2.24, 2.45) is 0 Å². The monoisotopic (exact) mass is 169 g/mol. The van der Waals surface area contributed by atoms with E-state index in [9.17, 15) is 4.39 Å². The number of fused-ring (bicyclic) bond motifs is 1. The lowest BCUT2D eigenvalue weighted by molar-refractivity contribution is 0.629. The van der Waals surface area contributed by atoms with Gasteiger partial charge in [0.15, 0.2) is 0 Å².